The van der Waals surface area contributed by atoms with Crippen LogP contribution in [0.3, 0.4) is 0 Å². The number of anilines is 1. The standard InChI is InChI=1S/C8H6F4N2O2/c9-6-3(13)1-2-4(5(6)7(14)15)16-8(10,11)12/h1-2H,13H2,(H2,14,15). The van der Waals surface area contributed by atoms with Gasteiger partial charge in [0.1, 0.15) is 11.3 Å². The van der Waals surface area contributed by atoms with Crippen molar-refractivity contribution >= 4 is 11.6 Å². The van der Waals surface area contributed by atoms with E-state index < -0.39 is 35.1 Å². The van der Waals surface area contributed by atoms with E-state index in [1.54, 1.807) is 0 Å². The molecule has 0 spiro atoms. The summed E-state index contributed by atoms with van der Waals surface area (Å²) in [6.07, 6.45) is -5.05. The largest absolute Gasteiger partial charge is 0.573 e. The van der Waals surface area contributed by atoms with Crippen LogP contribution < -0.4 is 16.2 Å². The van der Waals surface area contributed by atoms with E-state index in [0.717, 1.165) is 6.07 Å². The lowest BCUT2D eigenvalue weighted by Crippen LogP contribution is -2.22. The second-order valence-corrected chi connectivity index (χ2v) is 2.75. The van der Waals surface area contributed by atoms with Crippen LogP contribution in [0.5, 0.6) is 5.75 Å². The highest BCUT2D eigenvalue weighted by Crippen LogP contribution is 2.30. The molecule has 0 unspecified atom stereocenters. The molecule has 0 aliphatic carbocycles. The quantitative estimate of drug-likeness (QED) is 0.603. The second kappa shape index (κ2) is 3.87. The number of ether oxygens (including phenoxy) is 1. The fourth-order valence-corrected chi connectivity index (χ4v) is 1.01. The minimum Gasteiger partial charge on any atom is -0.405 e. The summed E-state index contributed by atoms with van der Waals surface area (Å²) in [5.41, 5.74) is 8.27. The maximum Gasteiger partial charge on any atom is 0.573 e. The van der Waals surface area contributed by atoms with Crippen molar-refractivity contribution in [1.29, 1.82) is 0 Å². The molecule has 1 amide bonds. The summed E-state index contributed by atoms with van der Waals surface area (Å²) in [7, 11) is 0. The molecule has 0 aliphatic rings. The molecule has 0 aliphatic heterocycles. The number of hydrogen-bond donors (Lipinski definition) is 2. The summed E-state index contributed by atoms with van der Waals surface area (Å²) in [4.78, 5) is 10.8. The molecule has 1 aromatic rings. The van der Waals surface area contributed by atoms with Crippen molar-refractivity contribution in [2.45, 2.75) is 6.36 Å². The number of halogens is 4. The first-order valence-corrected chi connectivity index (χ1v) is 3.86. The third-order valence-corrected chi connectivity index (χ3v) is 1.61. The number of nitrogen functional groups attached to an aromatic ring is 1. The van der Waals surface area contributed by atoms with E-state index in [1.165, 1.54) is 0 Å². The highest BCUT2D eigenvalue weighted by molar-refractivity contribution is 5.97. The fraction of sp³-hybridized carbons (Fsp3) is 0.125. The van der Waals surface area contributed by atoms with E-state index in [1.807, 2.05) is 0 Å². The zero-order valence-corrected chi connectivity index (χ0v) is 7.64. The number of rotatable bonds is 2. The zero-order valence-electron chi connectivity index (χ0n) is 7.64. The summed E-state index contributed by atoms with van der Waals surface area (Å²) in [6.45, 7) is 0. The normalized spacial score (nSPS) is 11.2. The van der Waals surface area contributed by atoms with Crippen molar-refractivity contribution in [2.24, 2.45) is 5.73 Å². The molecule has 16 heavy (non-hydrogen) atoms. The van der Waals surface area contributed by atoms with Gasteiger partial charge in [-0.25, -0.2) is 4.39 Å². The van der Waals surface area contributed by atoms with Gasteiger partial charge in [0.25, 0.3) is 5.91 Å². The number of amides is 1. The first-order chi connectivity index (χ1) is 7.22. The van der Waals surface area contributed by atoms with E-state index in [0.29, 0.717) is 6.07 Å². The van der Waals surface area contributed by atoms with Crippen molar-refractivity contribution in [2.75, 3.05) is 5.73 Å². The Bertz CT molecular complexity index is 431. The summed E-state index contributed by atoms with van der Waals surface area (Å²) in [5.74, 6) is -3.76. The van der Waals surface area contributed by atoms with Gasteiger partial charge in [-0.05, 0) is 12.1 Å². The number of carbonyl (C=O) groups excluding carboxylic acids is 1. The van der Waals surface area contributed by atoms with Gasteiger partial charge in [0.05, 0.1) is 5.69 Å². The average Bonchev–Trinajstić information content (AvgIpc) is 2.08. The van der Waals surface area contributed by atoms with Gasteiger partial charge in [0.2, 0.25) is 0 Å². The van der Waals surface area contributed by atoms with Gasteiger partial charge in [-0.15, -0.1) is 13.2 Å². The third kappa shape index (κ3) is 2.53. The SMILES string of the molecule is NC(=O)c1c(OC(F)(F)F)ccc(N)c1F. The van der Waals surface area contributed by atoms with E-state index in [2.05, 4.69) is 4.74 Å². The van der Waals surface area contributed by atoms with E-state index in [4.69, 9.17) is 11.5 Å². The molecule has 0 saturated heterocycles. The van der Waals surface area contributed by atoms with Gasteiger partial charge in [-0.2, -0.15) is 0 Å². The van der Waals surface area contributed by atoms with Crippen LogP contribution in [0.15, 0.2) is 12.1 Å². The van der Waals surface area contributed by atoms with Crippen molar-refractivity contribution in [3.63, 3.8) is 0 Å². The molecule has 0 fully saturated rings. The lowest BCUT2D eigenvalue weighted by Gasteiger charge is -2.12. The Morgan fingerprint density at radius 3 is 2.31 bits per heavy atom. The van der Waals surface area contributed by atoms with Gasteiger partial charge < -0.3 is 16.2 Å². The number of primary amides is 1. The molecular weight excluding hydrogens is 232 g/mol. The predicted molar refractivity (Wildman–Crippen MR) is 46.0 cm³/mol. The molecule has 0 radical (unpaired) electrons. The highest BCUT2D eigenvalue weighted by Gasteiger charge is 2.33. The molecule has 0 bridgehead atoms. The summed E-state index contributed by atoms with van der Waals surface area (Å²) < 4.78 is 52.3. The molecule has 0 saturated carbocycles. The molecule has 1 rings (SSSR count). The lowest BCUT2D eigenvalue weighted by molar-refractivity contribution is -0.274. The third-order valence-electron chi connectivity index (χ3n) is 1.61. The molecule has 88 valence electrons. The first kappa shape index (κ1) is 12.1. The van der Waals surface area contributed by atoms with Crippen LogP contribution >= 0.6 is 0 Å². The van der Waals surface area contributed by atoms with Crippen LogP contribution in [0, 0.1) is 5.82 Å². The number of benzene rings is 1. The predicted octanol–water partition coefficient (Wildman–Crippen LogP) is 1.41. The van der Waals surface area contributed by atoms with Gasteiger partial charge in [0.15, 0.2) is 5.82 Å². The van der Waals surface area contributed by atoms with Gasteiger partial charge >= 0.3 is 6.36 Å². The van der Waals surface area contributed by atoms with Crippen LogP contribution in [0.1, 0.15) is 10.4 Å². The van der Waals surface area contributed by atoms with Crippen LogP contribution in [0.25, 0.3) is 0 Å². The lowest BCUT2D eigenvalue weighted by atomic mass is 10.1. The Kier molecular flexibility index (Phi) is 2.92. The van der Waals surface area contributed by atoms with Crippen LogP contribution in [-0.2, 0) is 0 Å². The first-order valence-electron chi connectivity index (χ1n) is 3.86. The molecule has 0 atom stereocenters. The van der Waals surface area contributed by atoms with Crippen molar-refractivity contribution < 1.29 is 27.1 Å². The van der Waals surface area contributed by atoms with Crippen molar-refractivity contribution in [1.82, 2.24) is 0 Å². The number of nitrogens with two attached hydrogens (primary N) is 2. The van der Waals surface area contributed by atoms with Crippen molar-refractivity contribution in [3.05, 3.63) is 23.5 Å². The van der Waals surface area contributed by atoms with Crippen molar-refractivity contribution in [3.8, 4) is 5.75 Å². The fourth-order valence-electron chi connectivity index (χ4n) is 1.01. The van der Waals surface area contributed by atoms with Gasteiger partial charge in [-0.1, -0.05) is 0 Å². The number of alkyl halides is 3. The Balaban J connectivity index is 3.29. The van der Waals surface area contributed by atoms with Gasteiger partial charge in [0, 0.05) is 0 Å². The Labute approximate surface area is 86.8 Å². The van der Waals surface area contributed by atoms with Crippen LogP contribution in [-0.4, -0.2) is 12.3 Å². The minimum atomic E-state index is -5.05. The van der Waals surface area contributed by atoms with Gasteiger partial charge in [-0.3, -0.25) is 4.79 Å². The average molecular weight is 238 g/mol. The van der Waals surface area contributed by atoms with Crippen LogP contribution in [0.4, 0.5) is 23.2 Å². The maximum atomic E-state index is 13.2. The molecular formula is C8H6F4N2O2. The highest BCUT2D eigenvalue weighted by atomic mass is 19.4. The topological polar surface area (TPSA) is 78.3 Å². The number of hydrogen-bond acceptors (Lipinski definition) is 3. The van der Waals surface area contributed by atoms with E-state index in [9.17, 15) is 22.4 Å². The van der Waals surface area contributed by atoms with E-state index in [-0.39, 0.29) is 0 Å². The molecule has 1 aromatic carbocycles. The molecule has 8 heteroatoms. The smallest absolute Gasteiger partial charge is 0.405 e. The Hall–Kier alpha value is -1.99. The maximum absolute atomic E-state index is 13.2. The number of carbonyl (C=O) groups is 1. The summed E-state index contributed by atoms with van der Waals surface area (Å²) in [5, 5.41) is 0. The van der Waals surface area contributed by atoms with Crippen LogP contribution in [0.2, 0.25) is 0 Å². The zero-order chi connectivity index (χ0) is 12.5. The Morgan fingerprint density at radius 2 is 1.88 bits per heavy atom. The summed E-state index contributed by atoms with van der Waals surface area (Å²) in [6, 6.07) is 1.55. The Morgan fingerprint density at radius 1 is 1.31 bits per heavy atom. The summed E-state index contributed by atoms with van der Waals surface area (Å²) >= 11 is 0. The molecule has 0 heterocycles. The minimum absolute atomic E-state index is 0.497. The molecule has 4 N–H and O–H groups in total. The monoisotopic (exact) mass is 238 g/mol. The second-order valence-electron chi connectivity index (χ2n) is 2.75. The van der Waals surface area contributed by atoms with E-state index >= 15 is 0 Å². The molecule has 4 nitrogen and oxygen atoms in total. The molecule has 0 aromatic heterocycles.